The summed E-state index contributed by atoms with van der Waals surface area (Å²) in [5.74, 6) is 0.788. The molecular weight excluding hydrogens is 364 g/mol. The highest BCUT2D eigenvalue weighted by Crippen LogP contribution is 2.17. The zero-order valence-corrected chi connectivity index (χ0v) is 17.3. The Hall–Kier alpha value is -2.82. The number of rotatable bonds is 7. The van der Waals surface area contributed by atoms with Crippen molar-refractivity contribution in [2.24, 2.45) is 0 Å². The van der Waals surface area contributed by atoms with Crippen LogP contribution >= 0.6 is 0 Å². The molecule has 1 saturated heterocycles. The molecule has 2 aromatic rings. The first-order valence-electron chi connectivity index (χ1n) is 10.3. The maximum absolute atomic E-state index is 12.4. The summed E-state index contributed by atoms with van der Waals surface area (Å²) >= 11 is 0. The van der Waals surface area contributed by atoms with Gasteiger partial charge in [-0.15, -0.1) is 0 Å². The number of carbonyl (C=O) groups excluding carboxylic acids is 2. The molecule has 0 spiro atoms. The molecular formula is C24H30N2O3. The molecule has 1 heterocycles. The number of nitrogens with zero attached hydrogens (tertiary/aromatic N) is 1. The van der Waals surface area contributed by atoms with E-state index in [1.807, 2.05) is 55.1 Å². The highest BCUT2D eigenvalue weighted by atomic mass is 16.5. The molecule has 3 rings (SSSR count). The molecule has 0 unspecified atom stereocenters. The summed E-state index contributed by atoms with van der Waals surface area (Å²) in [5, 5.41) is 3.03. The van der Waals surface area contributed by atoms with Crippen LogP contribution in [-0.4, -0.2) is 42.5 Å². The number of nitrogens with one attached hydrogen (secondary N) is 1. The van der Waals surface area contributed by atoms with E-state index >= 15 is 0 Å². The summed E-state index contributed by atoms with van der Waals surface area (Å²) in [6, 6.07) is 16.0. The predicted octanol–water partition coefficient (Wildman–Crippen LogP) is 3.42. The topological polar surface area (TPSA) is 58.6 Å². The lowest BCUT2D eigenvalue weighted by atomic mass is 10.0. The standard InChI is InChI=1S/C24H30N2O3/c1-18-8-10-22(16-19(18)2)29-17-23(27)25-21-12-14-26(15-13-21)24(28)11-9-20-6-4-3-5-7-20/h3-8,10,16,21H,9,11-15,17H2,1-2H3,(H,25,27). The van der Waals surface area contributed by atoms with Gasteiger partial charge in [-0.2, -0.15) is 0 Å². The SMILES string of the molecule is Cc1ccc(OCC(=O)NC2CCN(C(=O)CCc3ccccc3)CC2)cc1C. The normalized spacial score (nSPS) is 14.5. The van der Waals surface area contributed by atoms with E-state index in [1.54, 1.807) is 0 Å². The number of carbonyl (C=O) groups is 2. The maximum atomic E-state index is 12.4. The molecule has 154 valence electrons. The summed E-state index contributed by atoms with van der Waals surface area (Å²) in [5.41, 5.74) is 3.53. The van der Waals surface area contributed by atoms with Gasteiger partial charge >= 0.3 is 0 Å². The Balaban J connectivity index is 1.36. The van der Waals surface area contributed by atoms with Gasteiger partial charge in [-0.3, -0.25) is 9.59 Å². The van der Waals surface area contributed by atoms with E-state index < -0.39 is 0 Å². The summed E-state index contributed by atoms with van der Waals surface area (Å²) in [4.78, 5) is 26.5. The number of benzene rings is 2. The molecule has 1 aliphatic heterocycles. The molecule has 0 aliphatic carbocycles. The van der Waals surface area contributed by atoms with Gasteiger partial charge in [0.1, 0.15) is 5.75 Å². The van der Waals surface area contributed by atoms with Crippen LogP contribution in [-0.2, 0) is 16.0 Å². The number of hydrogen-bond donors (Lipinski definition) is 1. The van der Waals surface area contributed by atoms with Crippen molar-refractivity contribution in [1.82, 2.24) is 10.2 Å². The molecule has 0 aromatic heterocycles. The first kappa shape index (κ1) is 20.9. The van der Waals surface area contributed by atoms with E-state index in [1.165, 1.54) is 11.1 Å². The lowest BCUT2D eigenvalue weighted by Crippen LogP contribution is -2.47. The first-order valence-corrected chi connectivity index (χ1v) is 10.3. The molecule has 1 N–H and O–H groups in total. The van der Waals surface area contributed by atoms with Gasteiger partial charge in [-0.25, -0.2) is 0 Å². The van der Waals surface area contributed by atoms with E-state index in [9.17, 15) is 9.59 Å². The minimum Gasteiger partial charge on any atom is -0.484 e. The van der Waals surface area contributed by atoms with Crippen LogP contribution < -0.4 is 10.1 Å². The van der Waals surface area contributed by atoms with Gasteiger partial charge in [0.05, 0.1) is 0 Å². The van der Waals surface area contributed by atoms with Crippen LogP contribution in [0.1, 0.15) is 36.0 Å². The Morgan fingerprint density at radius 3 is 2.45 bits per heavy atom. The van der Waals surface area contributed by atoms with Crippen molar-refractivity contribution >= 4 is 11.8 Å². The Morgan fingerprint density at radius 1 is 1.03 bits per heavy atom. The first-order chi connectivity index (χ1) is 14.0. The molecule has 0 saturated carbocycles. The van der Waals surface area contributed by atoms with E-state index in [0.717, 1.165) is 24.8 Å². The Labute approximate surface area is 173 Å². The second-order valence-electron chi connectivity index (χ2n) is 7.74. The van der Waals surface area contributed by atoms with E-state index in [4.69, 9.17) is 4.74 Å². The number of piperidine rings is 1. The monoisotopic (exact) mass is 394 g/mol. The van der Waals surface area contributed by atoms with Gasteiger partial charge in [-0.05, 0) is 61.9 Å². The van der Waals surface area contributed by atoms with Crippen LogP contribution in [0.15, 0.2) is 48.5 Å². The highest BCUT2D eigenvalue weighted by Gasteiger charge is 2.23. The lowest BCUT2D eigenvalue weighted by Gasteiger charge is -2.32. The second-order valence-corrected chi connectivity index (χ2v) is 7.74. The number of amides is 2. The Morgan fingerprint density at radius 2 is 1.76 bits per heavy atom. The molecule has 2 amide bonds. The minimum absolute atomic E-state index is 0.0126. The van der Waals surface area contributed by atoms with Crippen LogP contribution in [0.2, 0.25) is 0 Å². The van der Waals surface area contributed by atoms with Gasteiger partial charge in [0.15, 0.2) is 6.61 Å². The fourth-order valence-corrected chi connectivity index (χ4v) is 3.55. The second kappa shape index (κ2) is 10.1. The number of aryl methyl sites for hydroxylation is 3. The summed E-state index contributed by atoms with van der Waals surface area (Å²) in [6.45, 7) is 5.47. The van der Waals surface area contributed by atoms with E-state index in [-0.39, 0.29) is 24.5 Å². The smallest absolute Gasteiger partial charge is 0.258 e. The highest BCUT2D eigenvalue weighted by molar-refractivity contribution is 5.78. The van der Waals surface area contributed by atoms with Gasteiger partial charge in [0.25, 0.3) is 5.91 Å². The van der Waals surface area contributed by atoms with Gasteiger partial charge in [0, 0.05) is 25.6 Å². The number of hydrogen-bond acceptors (Lipinski definition) is 3. The zero-order chi connectivity index (χ0) is 20.6. The maximum Gasteiger partial charge on any atom is 0.258 e. The predicted molar refractivity (Wildman–Crippen MR) is 114 cm³/mol. The van der Waals surface area contributed by atoms with Crippen molar-refractivity contribution in [3.63, 3.8) is 0 Å². The largest absolute Gasteiger partial charge is 0.484 e. The van der Waals surface area contributed by atoms with Crippen molar-refractivity contribution < 1.29 is 14.3 Å². The van der Waals surface area contributed by atoms with Gasteiger partial charge < -0.3 is 15.0 Å². The van der Waals surface area contributed by atoms with Crippen molar-refractivity contribution in [2.45, 2.75) is 45.6 Å². The number of ether oxygens (including phenoxy) is 1. The summed E-state index contributed by atoms with van der Waals surface area (Å²) in [6.07, 6.45) is 2.87. The summed E-state index contributed by atoms with van der Waals surface area (Å²) < 4.78 is 5.60. The third kappa shape index (κ3) is 6.34. The molecule has 2 aromatic carbocycles. The van der Waals surface area contributed by atoms with Gasteiger partial charge in [0.2, 0.25) is 5.91 Å². The van der Waals surface area contributed by atoms with E-state index in [2.05, 4.69) is 17.4 Å². The fourth-order valence-electron chi connectivity index (χ4n) is 3.55. The third-order valence-corrected chi connectivity index (χ3v) is 5.53. The average Bonchev–Trinajstić information content (AvgIpc) is 2.74. The average molecular weight is 395 g/mol. The number of likely N-dealkylation sites (tertiary alicyclic amines) is 1. The molecule has 1 aliphatic rings. The molecule has 5 nitrogen and oxygen atoms in total. The van der Waals surface area contributed by atoms with E-state index in [0.29, 0.717) is 25.3 Å². The summed E-state index contributed by atoms with van der Waals surface area (Å²) in [7, 11) is 0. The third-order valence-electron chi connectivity index (χ3n) is 5.53. The Bertz CT molecular complexity index is 827. The van der Waals surface area contributed by atoms with Crippen molar-refractivity contribution in [1.29, 1.82) is 0 Å². The Kier molecular flexibility index (Phi) is 7.28. The lowest BCUT2D eigenvalue weighted by molar-refractivity contribution is -0.132. The molecule has 0 bridgehead atoms. The molecule has 1 fully saturated rings. The van der Waals surface area contributed by atoms with Crippen LogP contribution in [0.5, 0.6) is 5.75 Å². The quantitative estimate of drug-likeness (QED) is 0.783. The van der Waals surface area contributed by atoms with Crippen molar-refractivity contribution in [3.8, 4) is 5.75 Å². The van der Waals surface area contributed by atoms with Crippen molar-refractivity contribution in [2.75, 3.05) is 19.7 Å². The van der Waals surface area contributed by atoms with Crippen LogP contribution in [0.25, 0.3) is 0 Å². The fraction of sp³-hybridized carbons (Fsp3) is 0.417. The van der Waals surface area contributed by atoms with Gasteiger partial charge in [-0.1, -0.05) is 36.4 Å². The molecule has 5 heteroatoms. The molecule has 0 atom stereocenters. The van der Waals surface area contributed by atoms with Crippen LogP contribution in [0, 0.1) is 13.8 Å². The molecule has 29 heavy (non-hydrogen) atoms. The zero-order valence-electron chi connectivity index (χ0n) is 17.3. The van der Waals surface area contributed by atoms with Crippen LogP contribution in [0.3, 0.4) is 0 Å². The molecule has 0 radical (unpaired) electrons. The van der Waals surface area contributed by atoms with Crippen LogP contribution in [0.4, 0.5) is 0 Å². The van der Waals surface area contributed by atoms with Crippen molar-refractivity contribution in [3.05, 3.63) is 65.2 Å². The minimum atomic E-state index is -0.114.